The molecule has 82 valence electrons. The minimum Gasteiger partial charge on any atom is -0.491 e. The lowest BCUT2D eigenvalue weighted by Gasteiger charge is -2.22. The number of hydrogen-bond acceptors (Lipinski definition) is 3. The molecule has 2 rings (SSSR count). The molecule has 1 aromatic heterocycles. The second kappa shape index (κ2) is 5.47. The van der Waals surface area contributed by atoms with Crippen molar-refractivity contribution >= 4 is 15.9 Å². The van der Waals surface area contributed by atoms with E-state index in [0.29, 0.717) is 6.61 Å². The summed E-state index contributed by atoms with van der Waals surface area (Å²) < 4.78 is 12.0. The van der Waals surface area contributed by atoms with Crippen LogP contribution in [-0.2, 0) is 4.74 Å². The van der Waals surface area contributed by atoms with E-state index >= 15 is 0 Å². The van der Waals surface area contributed by atoms with E-state index in [1.165, 1.54) is 12.8 Å². The summed E-state index contributed by atoms with van der Waals surface area (Å²) in [7, 11) is 0. The van der Waals surface area contributed by atoms with Gasteiger partial charge in [0.2, 0.25) is 0 Å². The smallest absolute Gasteiger partial charge is 0.123 e. The lowest BCUT2D eigenvalue weighted by Crippen LogP contribution is -2.25. The van der Waals surface area contributed by atoms with Crippen LogP contribution in [0.5, 0.6) is 5.75 Å². The monoisotopic (exact) mass is 271 g/mol. The predicted molar refractivity (Wildman–Crippen MR) is 61.0 cm³/mol. The second-order valence-corrected chi connectivity index (χ2v) is 4.43. The molecule has 0 saturated carbocycles. The Morgan fingerprint density at radius 2 is 2.47 bits per heavy atom. The maximum Gasteiger partial charge on any atom is 0.123 e. The molecule has 0 spiro atoms. The first-order valence-corrected chi connectivity index (χ1v) is 6.00. The Morgan fingerprint density at radius 1 is 1.53 bits per heavy atom. The number of hydrogen-bond donors (Lipinski definition) is 0. The van der Waals surface area contributed by atoms with Gasteiger partial charge in [-0.05, 0) is 41.3 Å². The molecule has 4 heteroatoms. The van der Waals surface area contributed by atoms with Crippen molar-refractivity contribution in [3.8, 4) is 5.75 Å². The molecule has 1 aromatic rings. The van der Waals surface area contributed by atoms with E-state index in [9.17, 15) is 0 Å². The molecule has 1 saturated heterocycles. The lowest BCUT2D eigenvalue weighted by molar-refractivity contribution is -0.0111. The molecule has 15 heavy (non-hydrogen) atoms. The summed E-state index contributed by atoms with van der Waals surface area (Å²) in [4.78, 5) is 4.04. The molecular weight excluding hydrogens is 258 g/mol. The Morgan fingerprint density at radius 3 is 3.20 bits per heavy atom. The first-order valence-electron chi connectivity index (χ1n) is 5.20. The lowest BCUT2D eigenvalue weighted by atomic mass is 10.1. The fraction of sp³-hybridized carbons (Fsp3) is 0.545. The third-order valence-electron chi connectivity index (χ3n) is 2.41. The molecule has 1 atom stereocenters. The van der Waals surface area contributed by atoms with E-state index in [2.05, 4.69) is 20.9 Å². The third kappa shape index (κ3) is 3.47. The molecule has 1 fully saturated rings. The normalized spacial score (nSPS) is 21.3. The number of rotatable bonds is 3. The SMILES string of the molecule is Brc1cc(OCC2CCCCO2)ccn1. The zero-order chi connectivity index (χ0) is 10.5. The van der Waals surface area contributed by atoms with E-state index in [0.717, 1.165) is 23.4 Å². The van der Waals surface area contributed by atoms with E-state index in [1.54, 1.807) is 6.20 Å². The summed E-state index contributed by atoms with van der Waals surface area (Å²) >= 11 is 3.31. The van der Waals surface area contributed by atoms with Crippen LogP contribution in [0.4, 0.5) is 0 Å². The highest BCUT2D eigenvalue weighted by molar-refractivity contribution is 9.10. The summed E-state index contributed by atoms with van der Waals surface area (Å²) in [6.45, 7) is 1.50. The summed E-state index contributed by atoms with van der Waals surface area (Å²) in [5.41, 5.74) is 0. The highest BCUT2D eigenvalue weighted by Crippen LogP contribution is 2.17. The van der Waals surface area contributed by atoms with E-state index in [1.807, 2.05) is 12.1 Å². The maximum atomic E-state index is 5.63. The van der Waals surface area contributed by atoms with Crippen molar-refractivity contribution in [2.75, 3.05) is 13.2 Å². The minimum absolute atomic E-state index is 0.255. The predicted octanol–water partition coefficient (Wildman–Crippen LogP) is 2.79. The number of nitrogens with zero attached hydrogens (tertiary/aromatic N) is 1. The average Bonchev–Trinajstić information content (AvgIpc) is 2.28. The van der Waals surface area contributed by atoms with Gasteiger partial charge in [-0.15, -0.1) is 0 Å². The molecule has 0 bridgehead atoms. The molecule has 0 aromatic carbocycles. The zero-order valence-corrected chi connectivity index (χ0v) is 10.1. The van der Waals surface area contributed by atoms with Gasteiger partial charge in [0.15, 0.2) is 0 Å². The van der Waals surface area contributed by atoms with E-state index in [-0.39, 0.29) is 6.10 Å². The van der Waals surface area contributed by atoms with Crippen LogP contribution in [-0.4, -0.2) is 24.3 Å². The van der Waals surface area contributed by atoms with Crippen LogP contribution in [0.15, 0.2) is 22.9 Å². The van der Waals surface area contributed by atoms with Gasteiger partial charge in [-0.2, -0.15) is 0 Å². The van der Waals surface area contributed by atoms with Crippen molar-refractivity contribution in [3.63, 3.8) is 0 Å². The van der Waals surface area contributed by atoms with Gasteiger partial charge >= 0.3 is 0 Å². The fourth-order valence-corrected chi connectivity index (χ4v) is 1.95. The average molecular weight is 272 g/mol. The third-order valence-corrected chi connectivity index (χ3v) is 2.84. The Hall–Kier alpha value is -0.610. The van der Waals surface area contributed by atoms with Gasteiger partial charge in [0.25, 0.3) is 0 Å². The number of pyridine rings is 1. The van der Waals surface area contributed by atoms with Crippen LogP contribution in [0, 0.1) is 0 Å². The molecule has 0 amide bonds. The van der Waals surface area contributed by atoms with Crippen LogP contribution < -0.4 is 4.74 Å². The molecular formula is C11H14BrNO2. The zero-order valence-electron chi connectivity index (χ0n) is 8.49. The van der Waals surface area contributed by atoms with Gasteiger partial charge in [0.05, 0.1) is 6.10 Å². The molecule has 0 aliphatic carbocycles. The van der Waals surface area contributed by atoms with Crippen molar-refractivity contribution in [1.82, 2.24) is 4.98 Å². The first-order chi connectivity index (χ1) is 7.34. The quantitative estimate of drug-likeness (QED) is 0.793. The summed E-state index contributed by atoms with van der Waals surface area (Å²) in [6, 6.07) is 3.72. The van der Waals surface area contributed by atoms with Crippen molar-refractivity contribution in [2.45, 2.75) is 25.4 Å². The van der Waals surface area contributed by atoms with Gasteiger partial charge < -0.3 is 9.47 Å². The van der Waals surface area contributed by atoms with Gasteiger partial charge in [-0.1, -0.05) is 0 Å². The van der Waals surface area contributed by atoms with Gasteiger partial charge in [-0.3, -0.25) is 0 Å². The van der Waals surface area contributed by atoms with Crippen LogP contribution in [0.2, 0.25) is 0 Å². The highest BCUT2D eigenvalue weighted by Gasteiger charge is 2.14. The number of ether oxygens (including phenoxy) is 2. The first kappa shape index (κ1) is 10.9. The fourth-order valence-electron chi connectivity index (χ4n) is 1.60. The van der Waals surface area contributed by atoms with Crippen LogP contribution in [0.1, 0.15) is 19.3 Å². The molecule has 0 radical (unpaired) electrons. The van der Waals surface area contributed by atoms with Gasteiger partial charge in [-0.25, -0.2) is 4.98 Å². The summed E-state index contributed by atoms with van der Waals surface area (Å²) in [5, 5.41) is 0. The van der Waals surface area contributed by atoms with Crippen molar-refractivity contribution < 1.29 is 9.47 Å². The van der Waals surface area contributed by atoms with Crippen LogP contribution in [0.3, 0.4) is 0 Å². The van der Waals surface area contributed by atoms with Gasteiger partial charge in [0.1, 0.15) is 17.0 Å². The van der Waals surface area contributed by atoms with E-state index in [4.69, 9.17) is 9.47 Å². The van der Waals surface area contributed by atoms with Crippen molar-refractivity contribution in [3.05, 3.63) is 22.9 Å². The molecule has 1 aliphatic heterocycles. The standard InChI is InChI=1S/C11H14BrNO2/c12-11-7-9(4-5-13-11)15-8-10-3-1-2-6-14-10/h4-5,7,10H,1-3,6,8H2. The van der Waals surface area contributed by atoms with Crippen molar-refractivity contribution in [2.24, 2.45) is 0 Å². The van der Waals surface area contributed by atoms with Crippen LogP contribution in [0.25, 0.3) is 0 Å². The minimum atomic E-state index is 0.255. The Labute approximate surface area is 97.9 Å². The maximum absolute atomic E-state index is 5.63. The Kier molecular flexibility index (Phi) is 3.97. The van der Waals surface area contributed by atoms with Crippen LogP contribution >= 0.6 is 15.9 Å². The van der Waals surface area contributed by atoms with Crippen molar-refractivity contribution in [1.29, 1.82) is 0 Å². The Bertz CT molecular complexity index is 313. The molecule has 2 heterocycles. The number of aromatic nitrogens is 1. The summed E-state index contributed by atoms with van der Waals surface area (Å²) in [6.07, 6.45) is 5.50. The summed E-state index contributed by atoms with van der Waals surface area (Å²) in [5.74, 6) is 0.839. The largest absolute Gasteiger partial charge is 0.491 e. The molecule has 3 nitrogen and oxygen atoms in total. The number of halogens is 1. The molecule has 1 aliphatic rings. The van der Waals surface area contributed by atoms with E-state index < -0.39 is 0 Å². The Balaban J connectivity index is 1.81. The van der Waals surface area contributed by atoms with Gasteiger partial charge in [0, 0.05) is 18.9 Å². The topological polar surface area (TPSA) is 31.4 Å². The molecule has 0 N–H and O–H groups in total. The molecule has 1 unspecified atom stereocenters. The second-order valence-electron chi connectivity index (χ2n) is 3.61. The highest BCUT2D eigenvalue weighted by atomic mass is 79.9.